The number of piperidine rings is 1. The van der Waals surface area contributed by atoms with E-state index in [9.17, 15) is 13.2 Å². The largest absolute Gasteiger partial charge is 0.497 e. The van der Waals surface area contributed by atoms with E-state index < -0.39 is 20.5 Å². The summed E-state index contributed by atoms with van der Waals surface area (Å²) in [5.74, 6) is -0.338. The minimum atomic E-state index is -3.95. The van der Waals surface area contributed by atoms with Gasteiger partial charge >= 0.3 is 0 Å². The average molecular weight is 342 g/mol. The summed E-state index contributed by atoms with van der Waals surface area (Å²) >= 11 is 0. The average Bonchev–Trinajstić information content (AvgIpc) is 2.60. The fourth-order valence-corrected chi connectivity index (χ4v) is 4.89. The van der Waals surface area contributed by atoms with Crippen LogP contribution in [0.25, 0.3) is 0 Å². The molecule has 1 fully saturated rings. The van der Waals surface area contributed by atoms with Gasteiger partial charge in [0, 0.05) is 13.1 Å². The van der Waals surface area contributed by atoms with E-state index in [1.807, 2.05) is 6.92 Å². The molecular formula is C15H22N2O5S. The van der Waals surface area contributed by atoms with Crippen LogP contribution in [-0.2, 0) is 14.6 Å². The number of carbonyl (C=O) groups is 1. The van der Waals surface area contributed by atoms with Crippen molar-refractivity contribution >= 4 is 15.7 Å². The Labute approximate surface area is 136 Å². The number of rotatable bonds is 5. The van der Waals surface area contributed by atoms with Crippen molar-refractivity contribution in [2.24, 2.45) is 0 Å². The smallest absolute Gasteiger partial charge is 0.265 e. The van der Waals surface area contributed by atoms with Gasteiger partial charge in [-0.1, -0.05) is 6.92 Å². The molecule has 2 rings (SSSR count). The van der Waals surface area contributed by atoms with Crippen molar-refractivity contribution in [2.75, 3.05) is 26.7 Å². The lowest BCUT2D eigenvalue weighted by atomic mass is 9.95. The van der Waals surface area contributed by atoms with Crippen LogP contribution in [0, 0.1) is 0 Å². The number of nitrogens with zero attached hydrogens (tertiary/aromatic N) is 1. The van der Waals surface area contributed by atoms with Gasteiger partial charge in [-0.2, -0.15) is 0 Å². The van der Waals surface area contributed by atoms with E-state index in [1.165, 1.54) is 19.2 Å². The first kappa shape index (κ1) is 17.7. The lowest BCUT2D eigenvalue weighted by Crippen LogP contribution is -2.57. The molecule has 2 N–H and O–H groups in total. The number of sulfone groups is 1. The maximum absolute atomic E-state index is 13.1. The van der Waals surface area contributed by atoms with Crippen LogP contribution in [0.4, 0.5) is 0 Å². The molecule has 7 nitrogen and oxygen atoms in total. The summed E-state index contributed by atoms with van der Waals surface area (Å²) in [4.78, 5) is 14.4. The molecule has 0 unspecified atom stereocenters. The van der Waals surface area contributed by atoms with Gasteiger partial charge in [0.15, 0.2) is 14.6 Å². The zero-order chi connectivity index (χ0) is 17.1. The fraction of sp³-hybridized carbons (Fsp3) is 0.533. The number of hydroxylamine groups is 1. The van der Waals surface area contributed by atoms with Crippen molar-refractivity contribution in [1.29, 1.82) is 0 Å². The molecule has 0 bridgehead atoms. The summed E-state index contributed by atoms with van der Waals surface area (Å²) in [7, 11) is -2.46. The van der Waals surface area contributed by atoms with Gasteiger partial charge in [0.25, 0.3) is 5.91 Å². The molecule has 128 valence electrons. The highest BCUT2D eigenvalue weighted by Gasteiger charge is 2.52. The van der Waals surface area contributed by atoms with E-state index in [2.05, 4.69) is 4.90 Å². The lowest BCUT2D eigenvalue weighted by Gasteiger charge is -2.39. The number of ether oxygens (including phenoxy) is 1. The predicted molar refractivity (Wildman–Crippen MR) is 84.2 cm³/mol. The number of likely N-dealkylation sites (tertiary alicyclic amines) is 1. The van der Waals surface area contributed by atoms with E-state index in [0.29, 0.717) is 18.8 Å². The molecule has 1 aromatic carbocycles. The first-order chi connectivity index (χ1) is 10.9. The van der Waals surface area contributed by atoms with Crippen LogP contribution in [0.5, 0.6) is 5.75 Å². The van der Waals surface area contributed by atoms with Crippen LogP contribution < -0.4 is 10.2 Å². The quantitative estimate of drug-likeness (QED) is 0.608. The van der Waals surface area contributed by atoms with Crippen LogP contribution in [0.2, 0.25) is 0 Å². The van der Waals surface area contributed by atoms with Gasteiger partial charge < -0.3 is 9.64 Å². The second-order valence-corrected chi connectivity index (χ2v) is 7.81. The zero-order valence-electron chi connectivity index (χ0n) is 13.3. The molecule has 8 heteroatoms. The Hall–Kier alpha value is -1.64. The van der Waals surface area contributed by atoms with Gasteiger partial charge in [0.2, 0.25) is 0 Å². The number of amides is 1. The summed E-state index contributed by atoms with van der Waals surface area (Å²) in [5, 5.41) is 9.07. The Morgan fingerprint density at radius 3 is 2.30 bits per heavy atom. The minimum Gasteiger partial charge on any atom is -0.497 e. The van der Waals surface area contributed by atoms with E-state index in [-0.39, 0.29) is 17.7 Å². The molecule has 0 saturated carbocycles. The van der Waals surface area contributed by atoms with E-state index >= 15 is 0 Å². The van der Waals surface area contributed by atoms with Gasteiger partial charge in [-0.15, -0.1) is 0 Å². The molecule has 1 aromatic rings. The Morgan fingerprint density at radius 1 is 1.30 bits per heavy atom. The summed E-state index contributed by atoms with van der Waals surface area (Å²) in [5.41, 5.74) is 1.55. The van der Waals surface area contributed by atoms with Crippen LogP contribution >= 0.6 is 0 Å². The Balaban J connectivity index is 2.43. The Morgan fingerprint density at radius 2 is 1.87 bits per heavy atom. The zero-order valence-corrected chi connectivity index (χ0v) is 14.1. The van der Waals surface area contributed by atoms with Crippen molar-refractivity contribution in [3.05, 3.63) is 24.3 Å². The number of benzene rings is 1. The molecule has 0 aromatic heterocycles. The molecule has 1 saturated heterocycles. The SMILES string of the molecule is CCN1CCC(C(=O)NO)(S(=O)(=O)c2ccc(OC)cc2)CC1. The molecule has 0 spiro atoms. The minimum absolute atomic E-state index is 0.0480. The Bertz CT molecular complexity index is 649. The predicted octanol–water partition coefficient (Wildman–Crippen LogP) is 0.829. The third-order valence-corrected chi connectivity index (χ3v) is 7.03. The number of methoxy groups -OCH3 is 1. The topological polar surface area (TPSA) is 95.9 Å². The number of carbonyl (C=O) groups excluding carboxylic acids is 1. The monoisotopic (exact) mass is 342 g/mol. The molecule has 0 aliphatic carbocycles. The Kier molecular flexibility index (Phi) is 5.28. The van der Waals surface area contributed by atoms with Gasteiger partial charge in [-0.3, -0.25) is 10.0 Å². The van der Waals surface area contributed by atoms with Crippen molar-refractivity contribution in [3.63, 3.8) is 0 Å². The number of nitrogens with one attached hydrogen (secondary N) is 1. The number of hydrogen-bond donors (Lipinski definition) is 2. The first-order valence-corrected chi connectivity index (χ1v) is 8.95. The molecule has 0 atom stereocenters. The number of hydrogen-bond acceptors (Lipinski definition) is 6. The molecule has 1 aliphatic heterocycles. The summed E-state index contributed by atoms with van der Waals surface area (Å²) in [6, 6.07) is 5.93. The normalized spacial score (nSPS) is 18.4. The summed E-state index contributed by atoms with van der Waals surface area (Å²) in [6.07, 6.45) is 0.281. The van der Waals surface area contributed by atoms with Crippen molar-refractivity contribution in [3.8, 4) is 5.75 Å². The second kappa shape index (κ2) is 6.86. The molecular weight excluding hydrogens is 320 g/mol. The van der Waals surface area contributed by atoms with Gasteiger partial charge in [-0.25, -0.2) is 13.9 Å². The van der Waals surface area contributed by atoms with E-state index in [4.69, 9.17) is 9.94 Å². The maximum atomic E-state index is 13.1. The van der Waals surface area contributed by atoms with Crippen LogP contribution in [0.15, 0.2) is 29.2 Å². The third kappa shape index (κ3) is 3.06. The van der Waals surface area contributed by atoms with Gasteiger partial charge in [-0.05, 0) is 43.7 Å². The van der Waals surface area contributed by atoms with Gasteiger partial charge in [0.05, 0.1) is 12.0 Å². The fourth-order valence-electron chi connectivity index (χ4n) is 2.93. The van der Waals surface area contributed by atoms with Crippen molar-refractivity contribution < 1.29 is 23.2 Å². The van der Waals surface area contributed by atoms with Crippen LogP contribution in [0.1, 0.15) is 19.8 Å². The van der Waals surface area contributed by atoms with Crippen LogP contribution in [-0.4, -0.2) is 55.9 Å². The highest BCUT2D eigenvalue weighted by molar-refractivity contribution is 7.93. The molecule has 1 heterocycles. The van der Waals surface area contributed by atoms with E-state index in [0.717, 1.165) is 6.54 Å². The molecule has 1 aliphatic rings. The molecule has 23 heavy (non-hydrogen) atoms. The molecule has 1 amide bonds. The maximum Gasteiger partial charge on any atom is 0.265 e. The highest BCUT2D eigenvalue weighted by atomic mass is 32.2. The summed E-state index contributed by atoms with van der Waals surface area (Å²) in [6.45, 7) is 3.75. The van der Waals surface area contributed by atoms with Gasteiger partial charge in [0.1, 0.15) is 5.75 Å². The standard InChI is InChI=1S/C15H22N2O5S/c1-3-17-10-8-15(9-11-17,14(18)16-19)23(20,21)13-6-4-12(22-2)5-7-13/h4-7,19H,3,8-11H2,1-2H3,(H,16,18). The van der Waals surface area contributed by atoms with Crippen molar-refractivity contribution in [2.45, 2.75) is 29.4 Å². The van der Waals surface area contributed by atoms with Crippen molar-refractivity contribution in [1.82, 2.24) is 10.4 Å². The lowest BCUT2D eigenvalue weighted by molar-refractivity contribution is -0.133. The van der Waals surface area contributed by atoms with Crippen LogP contribution in [0.3, 0.4) is 0 Å². The second-order valence-electron chi connectivity index (χ2n) is 5.55. The highest BCUT2D eigenvalue weighted by Crippen LogP contribution is 2.36. The molecule has 0 radical (unpaired) electrons. The third-order valence-electron chi connectivity index (χ3n) is 4.51. The van der Waals surface area contributed by atoms with E-state index in [1.54, 1.807) is 17.6 Å². The summed E-state index contributed by atoms with van der Waals surface area (Å²) < 4.78 is 29.5. The first-order valence-electron chi connectivity index (χ1n) is 7.47.